The van der Waals surface area contributed by atoms with Gasteiger partial charge in [-0.25, -0.2) is 4.39 Å². The topological polar surface area (TPSA) is 17.0 Å². The molecule has 0 bridgehead atoms. The summed E-state index contributed by atoms with van der Waals surface area (Å²) in [6.45, 7) is 11.6. The molecular formula is C31H37FN2. The Hall–Kier alpha value is -3.17. The van der Waals surface area contributed by atoms with Crippen LogP contribution in [-0.4, -0.2) is 4.57 Å². The van der Waals surface area contributed by atoms with Crippen molar-refractivity contribution in [2.24, 2.45) is 0 Å². The smallest absolute Gasteiger partial charge is 0.0932 e. The fourth-order valence-electron chi connectivity index (χ4n) is 4.21. The zero-order valence-corrected chi connectivity index (χ0v) is 21.1. The first-order valence-electron chi connectivity index (χ1n) is 12.2. The van der Waals surface area contributed by atoms with Gasteiger partial charge in [-0.15, -0.1) is 0 Å². The van der Waals surface area contributed by atoms with Crippen LogP contribution in [0, 0.1) is 0 Å². The highest BCUT2D eigenvalue weighted by Gasteiger charge is 2.11. The molecule has 3 aromatic carbocycles. The highest BCUT2D eigenvalue weighted by molar-refractivity contribution is 5.86. The second kappa shape index (κ2) is 12.3. The summed E-state index contributed by atoms with van der Waals surface area (Å²) in [5, 5.41) is 7.47. The molecule has 1 aromatic heterocycles. The van der Waals surface area contributed by atoms with Crippen LogP contribution in [0.2, 0.25) is 0 Å². The van der Waals surface area contributed by atoms with Crippen molar-refractivity contribution >= 4 is 21.7 Å². The number of hydrogen-bond donors (Lipinski definition) is 1. The highest BCUT2D eigenvalue weighted by Crippen LogP contribution is 2.26. The van der Waals surface area contributed by atoms with Crippen molar-refractivity contribution in [2.45, 2.75) is 60.2 Å². The summed E-state index contributed by atoms with van der Waals surface area (Å²) in [5.41, 5.74) is 4.94. The minimum atomic E-state index is -0.130. The Morgan fingerprint density at radius 2 is 1.74 bits per heavy atom. The monoisotopic (exact) mass is 456 g/mol. The summed E-state index contributed by atoms with van der Waals surface area (Å²) >= 11 is 0. The van der Waals surface area contributed by atoms with Gasteiger partial charge in [0.1, 0.15) is 0 Å². The van der Waals surface area contributed by atoms with Crippen molar-refractivity contribution in [3.8, 4) is 0 Å². The van der Waals surface area contributed by atoms with Gasteiger partial charge >= 0.3 is 0 Å². The first-order chi connectivity index (χ1) is 16.5. The summed E-state index contributed by atoms with van der Waals surface area (Å²) in [4.78, 5) is 0. The largest absolute Gasteiger partial charge is 0.347 e. The van der Waals surface area contributed by atoms with E-state index in [4.69, 9.17) is 0 Å². The first-order valence-corrected chi connectivity index (χ1v) is 12.2. The van der Waals surface area contributed by atoms with Crippen LogP contribution in [0.5, 0.6) is 0 Å². The lowest BCUT2D eigenvalue weighted by Crippen LogP contribution is -2.18. The number of aromatic nitrogens is 1. The highest BCUT2D eigenvalue weighted by atomic mass is 19.1. The molecule has 4 rings (SSSR count). The molecule has 0 spiro atoms. The molecule has 0 saturated heterocycles. The molecule has 1 heterocycles. The molecular weight excluding hydrogens is 419 g/mol. The number of aryl methyl sites for hydroxylation is 1. The van der Waals surface area contributed by atoms with Crippen LogP contribution in [-0.2, 0) is 19.5 Å². The van der Waals surface area contributed by atoms with Gasteiger partial charge in [0.15, 0.2) is 0 Å². The molecule has 1 unspecified atom stereocenters. The van der Waals surface area contributed by atoms with E-state index in [-0.39, 0.29) is 11.9 Å². The Kier molecular flexibility index (Phi) is 9.24. The van der Waals surface area contributed by atoms with Gasteiger partial charge in [0, 0.05) is 36.2 Å². The van der Waals surface area contributed by atoms with Gasteiger partial charge in [-0.05, 0) is 86.7 Å². The van der Waals surface area contributed by atoms with Crippen molar-refractivity contribution < 1.29 is 4.39 Å². The van der Waals surface area contributed by atoms with E-state index in [9.17, 15) is 4.39 Å². The summed E-state index contributed by atoms with van der Waals surface area (Å²) in [6, 6.07) is 21.9. The maximum Gasteiger partial charge on any atom is 0.0932 e. The molecule has 2 nitrogen and oxygen atoms in total. The van der Waals surface area contributed by atoms with Crippen LogP contribution in [0.15, 0.2) is 90.9 Å². The van der Waals surface area contributed by atoms with Crippen LogP contribution in [0.4, 0.5) is 4.39 Å². The Morgan fingerprint density at radius 1 is 1.00 bits per heavy atom. The van der Waals surface area contributed by atoms with Gasteiger partial charge in [0.25, 0.3) is 0 Å². The van der Waals surface area contributed by atoms with Crippen molar-refractivity contribution in [1.82, 2.24) is 9.88 Å². The predicted octanol–water partition coefficient (Wildman–Crippen LogP) is 8.66. The normalized spacial score (nSPS) is 12.8. The van der Waals surface area contributed by atoms with Gasteiger partial charge < -0.3 is 9.88 Å². The minimum Gasteiger partial charge on any atom is -0.347 e. The van der Waals surface area contributed by atoms with Crippen LogP contribution in [0.1, 0.15) is 57.4 Å². The first kappa shape index (κ1) is 25.5. The summed E-state index contributed by atoms with van der Waals surface area (Å²) < 4.78 is 15.5. The molecule has 0 aliphatic heterocycles. The molecule has 34 heavy (non-hydrogen) atoms. The third-order valence-electron chi connectivity index (χ3n) is 6.21. The second-order valence-electron chi connectivity index (χ2n) is 8.62. The summed E-state index contributed by atoms with van der Waals surface area (Å²) in [7, 11) is 0. The van der Waals surface area contributed by atoms with E-state index in [1.54, 1.807) is 6.08 Å². The molecule has 0 aliphatic rings. The summed E-state index contributed by atoms with van der Waals surface area (Å²) in [5.74, 6) is -0.130. The number of nitrogens with zero attached hydrogens (tertiary/aromatic N) is 1. The lowest BCUT2D eigenvalue weighted by atomic mass is 9.99. The van der Waals surface area contributed by atoms with Gasteiger partial charge in [-0.2, -0.15) is 0 Å². The van der Waals surface area contributed by atoms with E-state index in [1.807, 2.05) is 26.0 Å². The van der Waals surface area contributed by atoms with Crippen molar-refractivity contribution in [3.63, 3.8) is 0 Å². The number of benzene rings is 3. The Morgan fingerprint density at radius 3 is 2.44 bits per heavy atom. The molecule has 3 heteroatoms. The summed E-state index contributed by atoms with van der Waals surface area (Å²) in [6.07, 6.45) is 8.43. The fraction of sp³-hybridized carbons (Fsp3) is 0.290. The Balaban J connectivity index is 0.000000751. The van der Waals surface area contributed by atoms with E-state index in [0.717, 1.165) is 13.1 Å². The third kappa shape index (κ3) is 6.24. The number of hydrogen-bond acceptors (Lipinski definition) is 1. The molecule has 0 aliphatic carbocycles. The van der Waals surface area contributed by atoms with Crippen LogP contribution >= 0.6 is 0 Å². The lowest BCUT2D eigenvalue weighted by molar-refractivity contribution is 0.578. The molecule has 0 amide bonds. The number of halogens is 1. The lowest BCUT2D eigenvalue weighted by Gasteiger charge is -2.17. The maximum atomic E-state index is 13.3. The molecule has 0 saturated carbocycles. The van der Waals surface area contributed by atoms with Crippen molar-refractivity contribution in [1.29, 1.82) is 0 Å². The average Bonchev–Trinajstić information content (AvgIpc) is 3.22. The van der Waals surface area contributed by atoms with Gasteiger partial charge in [-0.1, -0.05) is 60.7 Å². The molecule has 1 N–H and O–H groups in total. The average molecular weight is 457 g/mol. The number of fused-ring (bicyclic) bond motifs is 2. The molecule has 178 valence electrons. The van der Waals surface area contributed by atoms with E-state index in [2.05, 4.69) is 90.6 Å². The quantitative estimate of drug-likeness (QED) is 0.275. The zero-order valence-electron chi connectivity index (χ0n) is 21.1. The van der Waals surface area contributed by atoms with Crippen molar-refractivity contribution in [2.75, 3.05) is 0 Å². The third-order valence-corrected chi connectivity index (χ3v) is 6.21. The molecule has 4 aromatic rings. The second-order valence-corrected chi connectivity index (χ2v) is 8.62. The molecule has 0 radical (unpaired) electrons. The standard InChI is InChI=1S/C27H29FN2.C4H8/c1-4-30-18-23(14-12-19(2)28)26-16-21(13-15-27(26)30)17-29-20(3)24-11-7-9-22-8-5-6-10-25(22)24;1-3-4-2/h5-13,15-16,18,20,29H,4,14,17H2,1-3H3;3-4H,1-2H3/b19-12+;4-3-. The number of nitrogens with one attached hydrogen (secondary N) is 1. The molecule has 0 fully saturated rings. The zero-order chi connectivity index (χ0) is 24.5. The predicted molar refractivity (Wildman–Crippen MR) is 146 cm³/mol. The van der Waals surface area contributed by atoms with Gasteiger partial charge in [0.05, 0.1) is 5.83 Å². The number of allylic oxidation sites excluding steroid dienone is 4. The molecule has 1 atom stereocenters. The van der Waals surface area contributed by atoms with E-state index < -0.39 is 0 Å². The Labute approximate surface area is 203 Å². The van der Waals surface area contributed by atoms with Gasteiger partial charge in [-0.3, -0.25) is 0 Å². The van der Waals surface area contributed by atoms with Crippen molar-refractivity contribution in [3.05, 3.63) is 108 Å². The Bertz CT molecular complexity index is 1270. The van der Waals surface area contributed by atoms with Gasteiger partial charge in [0.2, 0.25) is 0 Å². The fourth-order valence-corrected chi connectivity index (χ4v) is 4.21. The van der Waals surface area contributed by atoms with E-state index in [0.29, 0.717) is 6.42 Å². The van der Waals surface area contributed by atoms with Crippen LogP contribution < -0.4 is 5.32 Å². The minimum absolute atomic E-state index is 0.130. The number of rotatable bonds is 7. The van der Waals surface area contributed by atoms with E-state index in [1.165, 1.54) is 45.3 Å². The van der Waals surface area contributed by atoms with Crippen LogP contribution in [0.25, 0.3) is 21.7 Å². The maximum absolute atomic E-state index is 13.3. The SMILES string of the molecule is C/C=C\C.CCn1cc(C/C=C(\C)F)c2cc(CNC(C)c3cccc4ccccc34)ccc21. The van der Waals surface area contributed by atoms with E-state index >= 15 is 0 Å². The van der Waals surface area contributed by atoms with Crippen LogP contribution in [0.3, 0.4) is 0 Å².